The molecular weight excluding hydrogens is 773 g/mol. The van der Waals surface area contributed by atoms with E-state index in [0.29, 0.717) is 29.8 Å². The van der Waals surface area contributed by atoms with Gasteiger partial charge >= 0.3 is 0 Å². The van der Waals surface area contributed by atoms with Crippen LogP contribution in [0.25, 0.3) is 33.4 Å². The van der Waals surface area contributed by atoms with Crippen LogP contribution in [0.15, 0.2) is 85.5 Å². The molecule has 6 heterocycles. The summed E-state index contributed by atoms with van der Waals surface area (Å²) in [5.41, 5.74) is 4.74. The molecule has 4 aromatic heterocycles. The number of nitrogens with zero attached hydrogens (tertiary/aromatic N) is 10. The molecule has 10 rings (SSSR count). The molecule has 62 heavy (non-hydrogen) atoms. The lowest BCUT2D eigenvalue weighted by Gasteiger charge is -2.42. The Hall–Kier alpha value is -5.53. The van der Waals surface area contributed by atoms with Crippen molar-refractivity contribution >= 4 is 50.9 Å². The number of aromatic nitrogens is 6. The van der Waals surface area contributed by atoms with Gasteiger partial charge in [-0.3, -0.25) is 14.6 Å². The van der Waals surface area contributed by atoms with E-state index in [1.54, 1.807) is 0 Å². The van der Waals surface area contributed by atoms with Gasteiger partial charge in [0.2, 0.25) is 11.9 Å². The van der Waals surface area contributed by atoms with Crippen LogP contribution in [0.1, 0.15) is 78.1 Å². The molecule has 13 nitrogen and oxygen atoms in total. The number of anilines is 4. The molecule has 324 valence electrons. The fourth-order valence-corrected chi connectivity index (χ4v) is 10.6. The van der Waals surface area contributed by atoms with Crippen LogP contribution in [0, 0.1) is 0 Å². The summed E-state index contributed by atoms with van der Waals surface area (Å²) >= 11 is 0. The topological polar surface area (TPSA) is 116 Å². The van der Waals surface area contributed by atoms with Crippen molar-refractivity contribution in [3.8, 4) is 11.6 Å². The van der Waals surface area contributed by atoms with Gasteiger partial charge in [0.25, 0.3) is 0 Å². The number of piperazine rings is 2. The van der Waals surface area contributed by atoms with Crippen molar-refractivity contribution in [1.29, 1.82) is 0 Å². The third kappa shape index (κ3) is 8.36. The predicted octanol–water partition coefficient (Wildman–Crippen LogP) is 7.93. The molecule has 4 fully saturated rings. The Morgan fingerprint density at radius 1 is 0.548 bits per heavy atom. The second kappa shape index (κ2) is 18.1. The average molecular weight is 835 g/mol. The lowest BCUT2D eigenvalue weighted by atomic mass is 9.96. The summed E-state index contributed by atoms with van der Waals surface area (Å²) in [6.45, 7) is 11.1. The van der Waals surface area contributed by atoms with Gasteiger partial charge in [0.1, 0.15) is 11.6 Å². The number of ketones is 1. The zero-order chi connectivity index (χ0) is 42.0. The van der Waals surface area contributed by atoms with Crippen LogP contribution in [0.3, 0.4) is 0 Å². The SMILES string of the molecule is CC(C(=O)C(C)N1CCN(c2cccc3c2ccn3-c2ccnc(NC3CCCCC3)n2)CC1)N1CCN(c2cccc3c2ccn3-c2ccnc(NC3CCCCC3)n2)CC1. The molecule has 2 N–H and O–H groups in total. The number of fused-ring (bicyclic) bond motifs is 2. The van der Waals surface area contributed by atoms with Gasteiger partial charge in [-0.1, -0.05) is 50.7 Å². The van der Waals surface area contributed by atoms with E-state index in [1.807, 2.05) is 24.5 Å². The maximum absolute atomic E-state index is 14.1. The maximum atomic E-state index is 14.1. The maximum Gasteiger partial charge on any atom is 0.224 e. The van der Waals surface area contributed by atoms with Crippen molar-refractivity contribution in [2.45, 2.75) is 102 Å². The monoisotopic (exact) mass is 835 g/mol. The minimum atomic E-state index is -0.134. The van der Waals surface area contributed by atoms with Crippen molar-refractivity contribution in [3.63, 3.8) is 0 Å². The van der Waals surface area contributed by atoms with Gasteiger partial charge in [-0.05, 0) is 88.1 Å². The highest BCUT2D eigenvalue weighted by Gasteiger charge is 2.33. The van der Waals surface area contributed by atoms with Gasteiger partial charge in [0.05, 0.1) is 23.1 Å². The second-order valence-electron chi connectivity index (χ2n) is 18.0. The van der Waals surface area contributed by atoms with E-state index in [1.165, 1.54) is 86.4 Å². The average Bonchev–Trinajstić information content (AvgIpc) is 3.97. The number of carbonyl (C=O) groups is 1. The standard InChI is InChI=1S/C49H62N12O/c1-35(56-27-31-58(32-28-56)41-15-9-17-43-39(41)21-25-60(43)45-19-23-50-48(54-45)52-37-11-5-3-6-12-37)47(62)36(2)57-29-33-59(34-30-57)42-16-10-18-44-40(42)22-26-61(44)46-20-24-51-49(55-46)53-38-13-7-4-8-14-38/h9-10,15-26,35-38H,3-8,11-14,27-34H2,1-2H3,(H,50,52,54)(H,51,53,55). The van der Waals surface area contributed by atoms with Gasteiger partial charge in [-0.25, -0.2) is 9.97 Å². The van der Waals surface area contributed by atoms with Crippen molar-refractivity contribution in [1.82, 2.24) is 38.9 Å². The van der Waals surface area contributed by atoms with Gasteiger partial charge in [-0.2, -0.15) is 9.97 Å². The minimum absolute atomic E-state index is 0.134. The van der Waals surface area contributed by atoms with Gasteiger partial charge in [0.15, 0.2) is 5.78 Å². The molecule has 2 saturated carbocycles. The lowest BCUT2D eigenvalue weighted by Crippen LogP contribution is -2.57. The first kappa shape index (κ1) is 40.5. The summed E-state index contributed by atoms with van der Waals surface area (Å²) < 4.78 is 4.35. The van der Waals surface area contributed by atoms with Gasteiger partial charge in [0, 0.05) is 111 Å². The Labute approximate surface area is 365 Å². The van der Waals surface area contributed by atoms with E-state index < -0.39 is 0 Å². The van der Waals surface area contributed by atoms with E-state index in [0.717, 1.165) is 75.0 Å². The van der Waals surface area contributed by atoms with Crippen molar-refractivity contribution in [2.75, 3.05) is 72.8 Å². The van der Waals surface area contributed by atoms with Crippen LogP contribution < -0.4 is 20.4 Å². The van der Waals surface area contributed by atoms with E-state index in [9.17, 15) is 4.79 Å². The Morgan fingerprint density at radius 2 is 0.968 bits per heavy atom. The summed E-state index contributed by atoms with van der Waals surface area (Å²) in [5, 5.41) is 9.61. The van der Waals surface area contributed by atoms with Crippen molar-refractivity contribution in [2.24, 2.45) is 0 Å². The normalized spacial score (nSPS) is 19.8. The number of nitrogens with one attached hydrogen (secondary N) is 2. The molecule has 2 aliphatic heterocycles. The number of hydrogen-bond acceptors (Lipinski definition) is 11. The van der Waals surface area contributed by atoms with Crippen molar-refractivity contribution in [3.05, 3.63) is 85.5 Å². The number of rotatable bonds is 12. The molecule has 13 heteroatoms. The largest absolute Gasteiger partial charge is 0.368 e. The first-order valence-corrected chi connectivity index (χ1v) is 23.4. The molecule has 2 atom stereocenters. The third-order valence-corrected chi connectivity index (χ3v) is 14.3. The Morgan fingerprint density at radius 3 is 1.39 bits per heavy atom. The molecule has 2 aromatic carbocycles. The van der Waals surface area contributed by atoms with Crippen LogP contribution in [0.2, 0.25) is 0 Å². The van der Waals surface area contributed by atoms with Crippen LogP contribution >= 0.6 is 0 Å². The zero-order valence-electron chi connectivity index (χ0n) is 36.5. The van der Waals surface area contributed by atoms with Crippen LogP contribution in [-0.4, -0.2) is 121 Å². The number of carbonyl (C=O) groups excluding carboxylic acids is 1. The minimum Gasteiger partial charge on any atom is -0.368 e. The van der Waals surface area contributed by atoms with Crippen LogP contribution in [0.5, 0.6) is 0 Å². The molecule has 0 spiro atoms. The Bertz CT molecular complexity index is 2300. The van der Waals surface area contributed by atoms with Crippen LogP contribution in [0.4, 0.5) is 23.3 Å². The van der Waals surface area contributed by atoms with E-state index >= 15 is 0 Å². The van der Waals surface area contributed by atoms with E-state index in [2.05, 4.69) is 124 Å². The quantitative estimate of drug-likeness (QED) is 0.125. The molecule has 2 saturated heterocycles. The fourth-order valence-electron chi connectivity index (χ4n) is 10.6. The Kier molecular flexibility index (Phi) is 11.8. The first-order chi connectivity index (χ1) is 30.5. The number of Topliss-reactive ketones (excluding diaryl/α,β-unsaturated/α-hetero) is 1. The van der Waals surface area contributed by atoms with Crippen molar-refractivity contribution < 1.29 is 4.79 Å². The highest BCUT2D eigenvalue weighted by molar-refractivity contribution is 5.95. The van der Waals surface area contributed by atoms with E-state index in [-0.39, 0.29) is 12.1 Å². The summed E-state index contributed by atoms with van der Waals surface area (Å²) in [7, 11) is 0. The molecule has 4 aliphatic rings. The molecule has 0 radical (unpaired) electrons. The number of hydrogen-bond donors (Lipinski definition) is 2. The predicted molar refractivity (Wildman–Crippen MR) is 250 cm³/mol. The zero-order valence-corrected chi connectivity index (χ0v) is 36.5. The first-order valence-electron chi connectivity index (χ1n) is 23.4. The molecular formula is C49H62N12O. The number of benzene rings is 2. The highest BCUT2D eigenvalue weighted by Crippen LogP contribution is 2.33. The molecule has 6 aromatic rings. The summed E-state index contributed by atoms with van der Waals surface area (Å²) in [4.78, 5) is 42.8. The molecule has 2 unspecified atom stereocenters. The Balaban J connectivity index is 0.741. The summed E-state index contributed by atoms with van der Waals surface area (Å²) in [6.07, 6.45) is 20.4. The smallest absolute Gasteiger partial charge is 0.224 e. The van der Waals surface area contributed by atoms with Gasteiger partial charge in [-0.15, -0.1) is 0 Å². The molecule has 2 aliphatic carbocycles. The molecule has 0 amide bonds. The molecule has 0 bridgehead atoms. The van der Waals surface area contributed by atoms with Gasteiger partial charge < -0.3 is 29.6 Å². The fraction of sp³-hybridized carbons (Fsp3) is 0.490. The summed E-state index contributed by atoms with van der Waals surface area (Å²) in [6, 6.07) is 22.2. The summed E-state index contributed by atoms with van der Waals surface area (Å²) in [5.74, 6) is 3.48. The lowest BCUT2D eigenvalue weighted by molar-refractivity contribution is -0.128. The highest BCUT2D eigenvalue weighted by atomic mass is 16.1. The third-order valence-electron chi connectivity index (χ3n) is 14.3. The van der Waals surface area contributed by atoms with Crippen LogP contribution in [-0.2, 0) is 4.79 Å². The van der Waals surface area contributed by atoms with E-state index in [4.69, 9.17) is 9.97 Å². The second-order valence-corrected chi connectivity index (χ2v) is 18.0.